The lowest BCUT2D eigenvalue weighted by molar-refractivity contribution is -0.0371. The number of nitrogens with zero attached hydrogens (tertiary/aromatic N) is 1. The largest absolute Gasteiger partial charge is 0.496 e. The molecule has 20 heavy (non-hydrogen) atoms. The summed E-state index contributed by atoms with van der Waals surface area (Å²) in [7, 11) is 1.59. The molecule has 1 heterocycles. The molecular formula is C14H17BrClNO3. The van der Waals surface area contributed by atoms with Gasteiger partial charge in [0.15, 0.2) is 0 Å². The van der Waals surface area contributed by atoms with Crippen molar-refractivity contribution in [3.8, 4) is 5.75 Å². The van der Waals surface area contributed by atoms with Crippen LogP contribution < -0.4 is 4.74 Å². The maximum atomic E-state index is 12.6. The molecule has 0 N–H and O–H groups in total. The van der Waals surface area contributed by atoms with E-state index in [1.807, 2.05) is 11.8 Å². The van der Waals surface area contributed by atoms with E-state index in [1.165, 1.54) is 0 Å². The molecule has 2 unspecified atom stereocenters. The summed E-state index contributed by atoms with van der Waals surface area (Å²) in [6.07, 6.45) is -0.0986. The van der Waals surface area contributed by atoms with Crippen molar-refractivity contribution >= 4 is 33.4 Å². The number of ether oxygens (including phenoxy) is 2. The van der Waals surface area contributed by atoms with Crippen molar-refractivity contribution in [1.29, 1.82) is 0 Å². The third-order valence-electron chi connectivity index (χ3n) is 3.34. The van der Waals surface area contributed by atoms with Gasteiger partial charge >= 0.3 is 0 Å². The number of alkyl halides is 1. The second kappa shape index (κ2) is 6.78. The summed E-state index contributed by atoms with van der Waals surface area (Å²) in [5, 5.41) is 0. The fraction of sp³-hybridized carbons (Fsp3) is 0.500. The molecular weight excluding hydrogens is 346 g/mol. The quantitative estimate of drug-likeness (QED) is 0.776. The van der Waals surface area contributed by atoms with Gasteiger partial charge < -0.3 is 14.4 Å². The number of hydrogen-bond donors (Lipinski definition) is 0. The zero-order valence-corrected chi connectivity index (χ0v) is 13.8. The number of carbonyl (C=O) groups is 1. The van der Waals surface area contributed by atoms with Crippen molar-refractivity contribution in [1.82, 2.24) is 4.90 Å². The number of methoxy groups -OCH3 is 1. The molecule has 0 aromatic heterocycles. The normalized spacial score (nSPS) is 22.7. The molecule has 0 radical (unpaired) electrons. The van der Waals surface area contributed by atoms with Crippen LogP contribution in [0.4, 0.5) is 0 Å². The highest BCUT2D eigenvalue weighted by Crippen LogP contribution is 2.27. The summed E-state index contributed by atoms with van der Waals surface area (Å²) in [5.41, 5.74) is 0.625. The molecule has 4 nitrogen and oxygen atoms in total. The van der Waals surface area contributed by atoms with E-state index in [4.69, 9.17) is 21.1 Å². The van der Waals surface area contributed by atoms with Crippen molar-refractivity contribution in [2.24, 2.45) is 0 Å². The first kappa shape index (κ1) is 15.6. The molecule has 110 valence electrons. The van der Waals surface area contributed by atoms with Crippen LogP contribution in [0.3, 0.4) is 0 Å². The molecule has 1 aliphatic heterocycles. The number of halogens is 2. The predicted octanol–water partition coefficient (Wildman–Crippen LogP) is 2.93. The predicted molar refractivity (Wildman–Crippen MR) is 81.7 cm³/mol. The average Bonchev–Trinajstić information content (AvgIpc) is 2.47. The first-order valence-electron chi connectivity index (χ1n) is 6.39. The van der Waals surface area contributed by atoms with Crippen molar-refractivity contribution < 1.29 is 14.3 Å². The van der Waals surface area contributed by atoms with Gasteiger partial charge in [-0.2, -0.15) is 0 Å². The highest BCUT2D eigenvalue weighted by molar-refractivity contribution is 9.10. The Balaban J connectivity index is 2.19. The van der Waals surface area contributed by atoms with Crippen molar-refractivity contribution in [3.63, 3.8) is 0 Å². The fourth-order valence-electron chi connectivity index (χ4n) is 2.16. The Kier molecular flexibility index (Phi) is 5.29. The van der Waals surface area contributed by atoms with Crippen LogP contribution in [0.25, 0.3) is 0 Å². The van der Waals surface area contributed by atoms with E-state index in [-0.39, 0.29) is 18.1 Å². The summed E-state index contributed by atoms with van der Waals surface area (Å²) in [5.74, 6) is 1.08. The van der Waals surface area contributed by atoms with Gasteiger partial charge in [-0.1, -0.05) is 0 Å². The van der Waals surface area contributed by atoms with Crippen LogP contribution in [-0.2, 0) is 4.74 Å². The number of benzene rings is 1. The van der Waals surface area contributed by atoms with Crippen molar-refractivity contribution in [2.75, 3.05) is 26.1 Å². The standard InChI is InChI=1S/C14H17BrClNO3/c1-9-8-20-11(6-16)7-17(9)14(18)10-3-4-13(19-2)12(15)5-10/h3-5,9,11H,6-8H2,1-2H3. The number of carbonyl (C=O) groups excluding carboxylic acids is 1. The molecule has 0 spiro atoms. The van der Waals surface area contributed by atoms with Gasteiger partial charge in [0.2, 0.25) is 0 Å². The smallest absolute Gasteiger partial charge is 0.254 e. The van der Waals surface area contributed by atoms with Gasteiger partial charge in [0.05, 0.1) is 36.2 Å². The third-order valence-corrected chi connectivity index (χ3v) is 4.30. The van der Waals surface area contributed by atoms with Crippen LogP contribution in [0.1, 0.15) is 17.3 Å². The summed E-state index contributed by atoms with van der Waals surface area (Å²) in [6, 6.07) is 5.37. The van der Waals surface area contributed by atoms with E-state index in [1.54, 1.807) is 25.3 Å². The topological polar surface area (TPSA) is 38.8 Å². The van der Waals surface area contributed by atoms with Crippen LogP contribution in [0.15, 0.2) is 22.7 Å². The van der Waals surface area contributed by atoms with Gasteiger partial charge in [-0.15, -0.1) is 11.6 Å². The Bertz CT molecular complexity index is 497. The SMILES string of the molecule is COc1ccc(C(=O)N2CC(CCl)OCC2C)cc1Br. The lowest BCUT2D eigenvalue weighted by Gasteiger charge is -2.37. The Morgan fingerprint density at radius 1 is 1.60 bits per heavy atom. The molecule has 1 aromatic rings. The average molecular weight is 363 g/mol. The van der Waals surface area contributed by atoms with Crippen molar-refractivity contribution in [3.05, 3.63) is 28.2 Å². The minimum atomic E-state index is -0.0986. The van der Waals surface area contributed by atoms with E-state index in [9.17, 15) is 4.79 Å². The zero-order valence-electron chi connectivity index (χ0n) is 11.4. The molecule has 0 bridgehead atoms. The molecule has 1 aliphatic rings. The number of rotatable bonds is 3. The number of hydrogen-bond acceptors (Lipinski definition) is 3. The maximum absolute atomic E-state index is 12.6. The summed E-state index contributed by atoms with van der Waals surface area (Å²) in [4.78, 5) is 14.4. The molecule has 1 aromatic carbocycles. The molecule has 0 saturated carbocycles. The summed E-state index contributed by atoms with van der Waals surface area (Å²) in [6.45, 7) is 3.01. The van der Waals surface area contributed by atoms with Gasteiger partial charge in [0.25, 0.3) is 5.91 Å². The lowest BCUT2D eigenvalue weighted by Crippen LogP contribution is -2.51. The van der Waals surface area contributed by atoms with E-state index < -0.39 is 0 Å². The molecule has 2 rings (SSSR count). The highest BCUT2D eigenvalue weighted by atomic mass is 79.9. The van der Waals surface area contributed by atoms with E-state index >= 15 is 0 Å². The fourth-order valence-corrected chi connectivity index (χ4v) is 2.89. The maximum Gasteiger partial charge on any atom is 0.254 e. The second-order valence-corrected chi connectivity index (χ2v) is 5.93. The Morgan fingerprint density at radius 2 is 2.35 bits per heavy atom. The third kappa shape index (κ3) is 3.27. The second-order valence-electron chi connectivity index (χ2n) is 4.77. The molecule has 0 aliphatic carbocycles. The molecule has 1 saturated heterocycles. The Morgan fingerprint density at radius 3 is 2.95 bits per heavy atom. The highest BCUT2D eigenvalue weighted by Gasteiger charge is 2.30. The number of morpholine rings is 1. The van der Waals surface area contributed by atoms with Crippen LogP contribution in [0.5, 0.6) is 5.75 Å². The van der Waals surface area contributed by atoms with E-state index in [0.717, 1.165) is 4.47 Å². The van der Waals surface area contributed by atoms with E-state index in [2.05, 4.69) is 15.9 Å². The molecule has 1 amide bonds. The monoisotopic (exact) mass is 361 g/mol. The van der Waals surface area contributed by atoms with Crippen molar-refractivity contribution in [2.45, 2.75) is 19.1 Å². The Hall–Kier alpha value is -0.780. The van der Waals surface area contributed by atoms with Gasteiger partial charge in [0, 0.05) is 12.1 Å². The van der Waals surface area contributed by atoms with Gasteiger partial charge in [-0.05, 0) is 41.1 Å². The molecule has 2 atom stereocenters. The first-order valence-corrected chi connectivity index (χ1v) is 7.71. The Labute approximate surface area is 132 Å². The molecule has 6 heteroatoms. The van der Waals surface area contributed by atoms with Crippen LogP contribution in [0, 0.1) is 0 Å². The summed E-state index contributed by atoms with van der Waals surface area (Å²) >= 11 is 9.22. The lowest BCUT2D eigenvalue weighted by atomic mass is 10.1. The van der Waals surface area contributed by atoms with E-state index in [0.29, 0.717) is 30.3 Å². The summed E-state index contributed by atoms with van der Waals surface area (Å²) < 4.78 is 11.5. The molecule has 1 fully saturated rings. The zero-order chi connectivity index (χ0) is 14.7. The minimum absolute atomic E-state index is 0.0146. The van der Waals surface area contributed by atoms with Crippen LogP contribution in [-0.4, -0.2) is 49.1 Å². The minimum Gasteiger partial charge on any atom is -0.496 e. The van der Waals surface area contributed by atoms with Gasteiger partial charge in [0.1, 0.15) is 5.75 Å². The van der Waals surface area contributed by atoms with Crippen LogP contribution >= 0.6 is 27.5 Å². The van der Waals surface area contributed by atoms with Gasteiger partial charge in [-0.25, -0.2) is 0 Å². The first-order chi connectivity index (χ1) is 9.56. The van der Waals surface area contributed by atoms with Gasteiger partial charge in [-0.3, -0.25) is 4.79 Å². The number of amides is 1. The van der Waals surface area contributed by atoms with Crippen LogP contribution in [0.2, 0.25) is 0 Å².